The molecule has 0 saturated carbocycles. The zero-order chi connectivity index (χ0) is 24.6. The minimum atomic E-state index is -4.91. The van der Waals surface area contributed by atoms with E-state index in [2.05, 4.69) is 15.4 Å². The number of rotatable bonds is 5. The Kier molecular flexibility index (Phi) is 5.90. The Morgan fingerprint density at radius 1 is 1.26 bits per heavy atom. The van der Waals surface area contributed by atoms with Gasteiger partial charge in [0.15, 0.2) is 0 Å². The van der Waals surface area contributed by atoms with Gasteiger partial charge in [-0.15, -0.1) is 13.2 Å². The van der Waals surface area contributed by atoms with Crippen LogP contribution in [0.25, 0.3) is 11.6 Å². The van der Waals surface area contributed by atoms with E-state index in [0.717, 1.165) is 18.2 Å². The van der Waals surface area contributed by atoms with Gasteiger partial charge in [0.25, 0.3) is 5.91 Å². The Morgan fingerprint density at radius 3 is 2.71 bits per heavy atom. The lowest BCUT2D eigenvalue weighted by Gasteiger charge is -2.14. The van der Waals surface area contributed by atoms with Crippen LogP contribution in [0.1, 0.15) is 18.1 Å². The van der Waals surface area contributed by atoms with E-state index in [9.17, 15) is 31.9 Å². The van der Waals surface area contributed by atoms with Crippen molar-refractivity contribution in [2.24, 2.45) is 0 Å². The van der Waals surface area contributed by atoms with Gasteiger partial charge >= 0.3 is 12.5 Å². The van der Waals surface area contributed by atoms with E-state index in [1.165, 1.54) is 36.1 Å². The monoisotopic (exact) mass is 479 g/mol. The normalized spacial score (nSPS) is 18.6. The molecule has 2 aliphatic rings. The average Bonchev–Trinajstić information content (AvgIpc) is 3.26. The summed E-state index contributed by atoms with van der Waals surface area (Å²) in [7, 11) is 0. The van der Waals surface area contributed by atoms with Gasteiger partial charge in [0.1, 0.15) is 17.7 Å². The molecule has 0 aliphatic carbocycles. The van der Waals surface area contributed by atoms with E-state index in [1.807, 2.05) is 0 Å². The van der Waals surface area contributed by atoms with E-state index < -0.39 is 36.0 Å². The largest absolute Gasteiger partial charge is 0.573 e. The van der Waals surface area contributed by atoms with Crippen LogP contribution in [0.15, 0.2) is 36.4 Å². The molecule has 0 bridgehead atoms. The molecule has 4 rings (SSSR count). The third-order valence-corrected chi connectivity index (χ3v) is 5.06. The summed E-state index contributed by atoms with van der Waals surface area (Å²) >= 11 is 0. The van der Waals surface area contributed by atoms with E-state index in [0.29, 0.717) is 0 Å². The molecule has 3 amide bonds. The fourth-order valence-electron chi connectivity index (χ4n) is 3.56. The van der Waals surface area contributed by atoms with Crippen molar-refractivity contribution < 1.29 is 41.4 Å². The maximum atomic E-state index is 14.9. The molecule has 0 radical (unpaired) electrons. The van der Waals surface area contributed by atoms with E-state index in [1.54, 1.807) is 0 Å². The number of nitrogens with zero attached hydrogens (tertiary/aromatic N) is 1. The molecule has 1 fully saturated rings. The molecule has 1 atom stereocenters. The van der Waals surface area contributed by atoms with Gasteiger partial charge in [-0.1, -0.05) is 0 Å². The maximum Gasteiger partial charge on any atom is 0.573 e. The number of ether oxygens (including phenoxy) is 2. The molecule has 8 nitrogen and oxygen atoms in total. The van der Waals surface area contributed by atoms with Crippen LogP contribution in [-0.4, -0.2) is 43.5 Å². The number of alkyl halides is 3. The molecule has 2 heterocycles. The summed E-state index contributed by atoms with van der Waals surface area (Å²) in [5.41, 5.74) is 0.510. The molecule has 1 saturated heterocycles. The van der Waals surface area contributed by atoms with Gasteiger partial charge in [-0.05, 0) is 42.5 Å². The first-order chi connectivity index (χ1) is 16.0. The Bertz CT molecular complexity index is 1210. The highest BCUT2D eigenvalue weighted by atomic mass is 19.4. The number of benzene rings is 2. The number of anilines is 2. The number of hydrogen-bond acceptors (Lipinski definition) is 5. The molecule has 34 heavy (non-hydrogen) atoms. The summed E-state index contributed by atoms with van der Waals surface area (Å²) in [5, 5.41) is 5.03. The van der Waals surface area contributed by atoms with Gasteiger partial charge in [-0.3, -0.25) is 14.5 Å². The molecule has 2 aromatic rings. The predicted octanol–water partition coefficient (Wildman–Crippen LogP) is 3.68. The van der Waals surface area contributed by atoms with E-state index >= 15 is 0 Å². The van der Waals surface area contributed by atoms with Gasteiger partial charge in [0.2, 0.25) is 5.91 Å². The number of fused-ring (bicyclic) bond motifs is 1. The zero-order valence-electron chi connectivity index (χ0n) is 17.5. The van der Waals surface area contributed by atoms with Crippen LogP contribution in [0.4, 0.5) is 33.7 Å². The highest BCUT2D eigenvalue weighted by Gasteiger charge is 2.34. The van der Waals surface area contributed by atoms with Crippen molar-refractivity contribution in [3.8, 4) is 5.75 Å². The number of hydrogen-bond donors (Lipinski definition) is 2. The van der Waals surface area contributed by atoms with Crippen LogP contribution in [0, 0.1) is 5.82 Å². The third-order valence-electron chi connectivity index (χ3n) is 5.06. The van der Waals surface area contributed by atoms with Crippen molar-refractivity contribution in [3.63, 3.8) is 0 Å². The molecule has 1 unspecified atom stereocenters. The first-order valence-electron chi connectivity index (χ1n) is 9.95. The molecule has 0 spiro atoms. The van der Waals surface area contributed by atoms with Crippen molar-refractivity contribution >= 4 is 40.9 Å². The minimum absolute atomic E-state index is 0.0220. The number of amides is 3. The lowest BCUT2D eigenvalue weighted by molar-refractivity contribution is -0.274. The quantitative estimate of drug-likeness (QED) is 0.504. The number of carbonyl (C=O) groups is 3. The van der Waals surface area contributed by atoms with Crippen LogP contribution in [-0.2, 0) is 14.3 Å². The van der Waals surface area contributed by atoms with Gasteiger partial charge in [-0.2, -0.15) is 0 Å². The van der Waals surface area contributed by atoms with Gasteiger partial charge in [-0.25, -0.2) is 9.18 Å². The summed E-state index contributed by atoms with van der Waals surface area (Å²) in [6.45, 7) is 1.53. The topological polar surface area (TPSA) is 97.0 Å². The average molecular weight is 479 g/mol. The molecular formula is C22H17F4N3O5. The SMILES string of the molecule is CC(=O)NCC1CN(c2ccc(/C=C3/C(=O)Nc4ccc(OC(F)(F)F)cc43)c(F)c2)C(=O)O1. The Balaban J connectivity index is 1.57. The highest BCUT2D eigenvalue weighted by Crippen LogP contribution is 2.37. The number of nitrogens with one attached hydrogen (secondary N) is 2. The summed E-state index contributed by atoms with van der Waals surface area (Å²) in [6.07, 6.45) is -5.02. The van der Waals surface area contributed by atoms with Crippen LogP contribution >= 0.6 is 0 Å². The minimum Gasteiger partial charge on any atom is -0.442 e. The lowest BCUT2D eigenvalue weighted by atomic mass is 10.0. The smallest absolute Gasteiger partial charge is 0.442 e. The number of carbonyl (C=O) groups excluding carboxylic acids is 3. The molecular weight excluding hydrogens is 462 g/mol. The van der Waals surface area contributed by atoms with E-state index in [-0.39, 0.29) is 47.1 Å². The highest BCUT2D eigenvalue weighted by molar-refractivity contribution is 6.35. The van der Waals surface area contributed by atoms with Gasteiger partial charge in [0, 0.05) is 29.3 Å². The zero-order valence-corrected chi connectivity index (χ0v) is 17.5. The lowest BCUT2D eigenvalue weighted by Crippen LogP contribution is -2.33. The molecule has 12 heteroatoms. The van der Waals surface area contributed by atoms with E-state index in [4.69, 9.17) is 4.74 Å². The summed E-state index contributed by atoms with van der Waals surface area (Å²) in [6, 6.07) is 7.19. The first kappa shape index (κ1) is 23.1. The van der Waals surface area contributed by atoms with Crippen molar-refractivity contribution in [2.75, 3.05) is 23.3 Å². The number of halogens is 4. The van der Waals surface area contributed by atoms with Gasteiger partial charge < -0.3 is 20.1 Å². The van der Waals surface area contributed by atoms with Crippen molar-refractivity contribution in [3.05, 3.63) is 53.3 Å². The molecule has 2 aromatic carbocycles. The van der Waals surface area contributed by atoms with Crippen LogP contribution in [0.5, 0.6) is 5.75 Å². The summed E-state index contributed by atoms with van der Waals surface area (Å²) in [4.78, 5) is 36.7. The van der Waals surface area contributed by atoms with Gasteiger partial charge in [0.05, 0.1) is 18.8 Å². The Morgan fingerprint density at radius 2 is 2.03 bits per heavy atom. The maximum absolute atomic E-state index is 14.9. The second-order valence-corrected chi connectivity index (χ2v) is 7.53. The summed E-state index contributed by atoms with van der Waals surface area (Å²) in [5.74, 6) is -2.20. The van der Waals surface area contributed by atoms with Crippen LogP contribution < -0.4 is 20.3 Å². The number of cyclic esters (lactones) is 1. The molecule has 0 aromatic heterocycles. The van der Waals surface area contributed by atoms with Crippen molar-refractivity contribution in [1.82, 2.24) is 5.32 Å². The standard InChI is InChI=1S/C22H17F4N3O5/c1-11(30)27-9-15-10-29(21(32)33-15)13-3-2-12(18(23)7-13)6-17-16-8-14(34-22(24,25)26)4-5-19(16)28-20(17)31/h2-8,15H,9-10H2,1H3,(H,27,30)(H,28,31)/b17-6+. The predicted molar refractivity (Wildman–Crippen MR) is 112 cm³/mol. The van der Waals surface area contributed by atoms with Crippen molar-refractivity contribution in [1.29, 1.82) is 0 Å². The second kappa shape index (κ2) is 8.69. The van der Waals surface area contributed by atoms with Crippen LogP contribution in [0.3, 0.4) is 0 Å². The molecule has 178 valence electrons. The third kappa shape index (κ3) is 4.95. The van der Waals surface area contributed by atoms with Crippen LogP contribution in [0.2, 0.25) is 0 Å². The second-order valence-electron chi connectivity index (χ2n) is 7.53. The Hall–Kier alpha value is -4.09. The molecule has 2 N–H and O–H groups in total. The van der Waals surface area contributed by atoms with Crippen molar-refractivity contribution in [2.45, 2.75) is 19.4 Å². The first-order valence-corrected chi connectivity index (χ1v) is 9.95. The Labute approximate surface area is 190 Å². The fourth-order valence-corrected chi connectivity index (χ4v) is 3.56. The summed E-state index contributed by atoms with van der Waals surface area (Å²) < 4.78 is 61.5. The fraction of sp³-hybridized carbons (Fsp3) is 0.227. The molecule has 2 aliphatic heterocycles.